The van der Waals surface area contributed by atoms with Crippen molar-refractivity contribution < 1.29 is 13.2 Å². The van der Waals surface area contributed by atoms with Gasteiger partial charge in [-0.1, -0.05) is 6.42 Å². The molecule has 2 rings (SSSR count). The predicted molar refractivity (Wildman–Crippen MR) is 68.0 cm³/mol. The third-order valence-corrected chi connectivity index (χ3v) is 3.27. The molecule has 0 bridgehead atoms. The average molecular weight is 273 g/mol. The van der Waals surface area contributed by atoms with Gasteiger partial charge in [0.05, 0.1) is 5.56 Å². The number of likely N-dealkylation sites (tertiary alicyclic amines) is 1. The summed E-state index contributed by atoms with van der Waals surface area (Å²) in [5.41, 5.74) is -0.714. The zero-order valence-electron chi connectivity index (χ0n) is 10.7. The van der Waals surface area contributed by atoms with Gasteiger partial charge >= 0.3 is 6.18 Å². The molecule has 1 N–H and O–H groups in total. The number of rotatable bonds is 4. The lowest BCUT2D eigenvalue weighted by molar-refractivity contribution is -0.137. The topological polar surface area (TPSA) is 28.2 Å². The maximum absolute atomic E-state index is 12.3. The van der Waals surface area contributed by atoms with Crippen LogP contribution in [0.15, 0.2) is 18.3 Å². The molecule has 1 aliphatic heterocycles. The van der Waals surface area contributed by atoms with Gasteiger partial charge in [-0.25, -0.2) is 4.98 Å². The van der Waals surface area contributed by atoms with E-state index in [1.807, 2.05) is 0 Å². The van der Waals surface area contributed by atoms with Crippen molar-refractivity contribution >= 4 is 5.82 Å². The zero-order valence-corrected chi connectivity index (χ0v) is 10.7. The van der Waals surface area contributed by atoms with Crippen LogP contribution in [-0.4, -0.2) is 36.1 Å². The van der Waals surface area contributed by atoms with E-state index in [0.29, 0.717) is 12.4 Å². The van der Waals surface area contributed by atoms with Gasteiger partial charge in [-0.3, -0.25) is 0 Å². The van der Waals surface area contributed by atoms with Crippen LogP contribution in [0.5, 0.6) is 0 Å². The molecule has 1 aromatic rings. The van der Waals surface area contributed by atoms with E-state index in [2.05, 4.69) is 15.2 Å². The molecular weight excluding hydrogens is 255 g/mol. The summed E-state index contributed by atoms with van der Waals surface area (Å²) in [4.78, 5) is 6.14. The molecule has 0 aromatic carbocycles. The van der Waals surface area contributed by atoms with Gasteiger partial charge in [0, 0.05) is 19.3 Å². The number of nitrogens with zero attached hydrogens (tertiary/aromatic N) is 2. The number of piperidine rings is 1. The Hall–Kier alpha value is -1.30. The Kier molecular flexibility index (Phi) is 4.63. The highest BCUT2D eigenvalue weighted by atomic mass is 19.4. The van der Waals surface area contributed by atoms with E-state index in [9.17, 15) is 13.2 Å². The number of hydrogen-bond acceptors (Lipinski definition) is 3. The average Bonchev–Trinajstić information content (AvgIpc) is 2.39. The van der Waals surface area contributed by atoms with Crippen molar-refractivity contribution in [3.8, 4) is 0 Å². The Morgan fingerprint density at radius 3 is 2.47 bits per heavy atom. The van der Waals surface area contributed by atoms with Gasteiger partial charge in [0.25, 0.3) is 0 Å². The summed E-state index contributed by atoms with van der Waals surface area (Å²) in [6.45, 7) is 3.84. The zero-order chi connectivity index (χ0) is 13.7. The van der Waals surface area contributed by atoms with Gasteiger partial charge in [-0.2, -0.15) is 13.2 Å². The molecule has 19 heavy (non-hydrogen) atoms. The first-order valence-electron chi connectivity index (χ1n) is 6.55. The molecule has 0 spiro atoms. The van der Waals surface area contributed by atoms with E-state index < -0.39 is 11.7 Å². The van der Waals surface area contributed by atoms with Gasteiger partial charge in [-0.05, 0) is 38.1 Å². The van der Waals surface area contributed by atoms with Crippen molar-refractivity contribution in [2.45, 2.75) is 25.4 Å². The molecule has 6 heteroatoms. The summed E-state index contributed by atoms with van der Waals surface area (Å²) in [7, 11) is 0. The van der Waals surface area contributed by atoms with E-state index in [0.717, 1.165) is 31.9 Å². The van der Waals surface area contributed by atoms with Crippen LogP contribution >= 0.6 is 0 Å². The lowest BCUT2D eigenvalue weighted by atomic mass is 10.1. The van der Waals surface area contributed by atoms with E-state index in [-0.39, 0.29) is 0 Å². The van der Waals surface area contributed by atoms with E-state index in [1.54, 1.807) is 0 Å². The fraction of sp³-hybridized carbons (Fsp3) is 0.615. The van der Waals surface area contributed by atoms with Crippen LogP contribution in [0.4, 0.5) is 19.0 Å². The number of halogens is 3. The maximum Gasteiger partial charge on any atom is 0.417 e. The molecule has 0 saturated carbocycles. The lowest BCUT2D eigenvalue weighted by Gasteiger charge is -2.26. The molecule has 1 aliphatic rings. The van der Waals surface area contributed by atoms with Crippen molar-refractivity contribution in [2.75, 3.05) is 31.5 Å². The molecule has 0 unspecified atom stereocenters. The second-order valence-electron chi connectivity index (χ2n) is 4.76. The molecule has 1 aromatic heterocycles. The van der Waals surface area contributed by atoms with Crippen LogP contribution in [-0.2, 0) is 6.18 Å². The van der Waals surface area contributed by atoms with Crippen molar-refractivity contribution in [3.05, 3.63) is 23.9 Å². The number of aromatic nitrogens is 1. The summed E-state index contributed by atoms with van der Waals surface area (Å²) < 4.78 is 37.0. The van der Waals surface area contributed by atoms with Crippen molar-refractivity contribution in [2.24, 2.45) is 0 Å². The maximum atomic E-state index is 12.3. The highest BCUT2D eigenvalue weighted by Gasteiger charge is 2.30. The van der Waals surface area contributed by atoms with Gasteiger partial charge in [0.2, 0.25) is 0 Å². The number of alkyl halides is 3. The largest absolute Gasteiger partial charge is 0.417 e. The third-order valence-electron chi connectivity index (χ3n) is 3.27. The summed E-state index contributed by atoms with van der Waals surface area (Å²) in [5.74, 6) is 0.491. The van der Waals surface area contributed by atoms with E-state index in [1.165, 1.54) is 25.3 Å². The Balaban J connectivity index is 1.76. The highest BCUT2D eigenvalue weighted by molar-refractivity contribution is 5.36. The molecule has 3 nitrogen and oxygen atoms in total. The Labute approximate surface area is 110 Å². The highest BCUT2D eigenvalue weighted by Crippen LogP contribution is 2.28. The molecule has 2 heterocycles. The van der Waals surface area contributed by atoms with Gasteiger partial charge in [-0.15, -0.1) is 0 Å². The van der Waals surface area contributed by atoms with Crippen LogP contribution in [0.2, 0.25) is 0 Å². The second kappa shape index (κ2) is 6.23. The first kappa shape index (κ1) is 14.1. The summed E-state index contributed by atoms with van der Waals surface area (Å²) >= 11 is 0. The smallest absolute Gasteiger partial charge is 0.369 e. The summed E-state index contributed by atoms with van der Waals surface area (Å²) in [6, 6.07) is 2.43. The lowest BCUT2D eigenvalue weighted by Crippen LogP contribution is -2.33. The molecule has 0 radical (unpaired) electrons. The van der Waals surface area contributed by atoms with Crippen LogP contribution in [0, 0.1) is 0 Å². The molecule has 0 amide bonds. The second-order valence-corrected chi connectivity index (χ2v) is 4.76. The van der Waals surface area contributed by atoms with Gasteiger partial charge < -0.3 is 10.2 Å². The fourth-order valence-corrected chi connectivity index (χ4v) is 2.19. The number of hydrogen-bond donors (Lipinski definition) is 1. The molecule has 106 valence electrons. The van der Waals surface area contributed by atoms with E-state index in [4.69, 9.17) is 0 Å². The Morgan fingerprint density at radius 2 is 1.89 bits per heavy atom. The molecule has 0 aliphatic carbocycles. The van der Waals surface area contributed by atoms with Crippen molar-refractivity contribution in [1.29, 1.82) is 0 Å². The third kappa shape index (κ3) is 4.38. The standard InChI is InChI=1S/C13H18F3N3/c14-13(15,16)11-4-5-12(18-10-11)17-6-9-19-7-2-1-3-8-19/h4-5,10H,1-3,6-9H2,(H,17,18). The first-order valence-corrected chi connectivity index (χ1v) is 6.55. The van der Waals surface area contributed by atoms with Crippen LogP contribution in [0.25, 0.3) is 0 Å². The van der Waals surface area contributed by atoms with Crippen molar-refractivity contribution in [3.63, 3.8) is 0 Å². The molecular formula is C13H18F3N3. The van der Waals surface area contributed by atoms with Gasteiger partial charge in [0.15, 0.2) is 0 Å². The minimum absolute atomic E-state index is 0.491. The molecule has 1 fully saturated rings. The van der Waals surface area contributed by atoms with Crippen LogP contribution in [0.1, 0.15) is 24.8 Å². The number of pyridine rings is 1. The Morgan fingerprint density at radius 1 is 1.16 bits per heavy atom. The quantitative estimate of drug-likeness (QED) is 0.914. The first-order chi connectivity index (χ1) is 9.05. The Bertz CT molecular complexity index is 383. The van der Waals surface area contributed by atoms with Crippen LogP contribution < -0.4 is 5.32 Å². The van der Waals surface area contributed by atoms with E-state index >= 15 is 0 Å². The minimum Gasteiger partial charge on any atom is -0.369 e. The van der Waals surface area contributed by atoms with Crippen molar-refractivity contribution in [1.82, 2.24) is 9.88 Å². The number of anilines is 1. The molecule has 1 saturated heterocycles. The number of nitrogens with one attached hydrogen (secondary N) is 1. The van der Waals surface area contributed by atoms with Crippen LogP contribution in [0.3, 0.4) is 0 Å². The van der Waals surface area contributed by atoms with Gasteiger partial charge in [0.1, 0.15) is 5.82 Å². The fourth-order valence-electron chi connectivity index (χ4n) is 2.19. The normalized spacial score (nSPS) is 17.4. The molecule has 0 atom stereocenters. The monoisotopic (exact) mass is 273 g/mol. The summed E-state index contributed by atoms with van der Waals surface area (Å²) in [6.07, 6.45) is 0.310. The minimum atomic E-state index is -4.32. The SMILES string of the molecule is FC(F)(F)c1ccc(NCCN2CCCCC2)nc1. The predicted octanol–water partition coefficient (Wildman–Crippen LogP) is 3.00. The summed E-state index contributed by atoms with van der Waals surface area (Å²) in [5, 5.41) is 3.05.